The second-order valence-electron chi connectivity index (χ2n) is 6.96. The Hall–Kier alpha value is -2.47. The number of hydrogen-bond acceptors (Lipinski definition) is 4. The van der Waals surface area contributed by atoms with Crippen molar-refractivity contribution >= 4 is 44.4 Å². The third-order valence-corrected chi connectivity index (χ3v) is 6.61. The summed E-state index contributed by atoms with van der Waals surface area (Å²) in [6, 6.07) is 18.0. The summed E-state index contributed by atoms with van der Waals surface area (Å²) in [5.41, 5.74) is 3.50. The van der Waals surface area contributed by atoms with Crippen LogP contribution in [0.5, 0.6) is 11.5 Å². The first-order chi connectivity index (χ1) is 14.3. The van der Waals surface area contributed by atoms with E-state index in [0.717, 1.165) is 28.0 Å². The van der Waals surface area contributed by atoms with Crippen LogP contribution >= 0.6 is 23.2 Å². The van der Waals surface area contributed by atoms with Crippen LogP contribution in [-0.4, -0.2) is 21.8 Å². The van der Waals surface area contributed by atoms with Gasteiger partial charge >= 0.3 is 0 Å². The summed E-state index contributed by atoms with van der Waals surface area (Å²) in [6.07, 6.45) is 1.79. The zero-order valence-corrected chi connectivity index (χ0v) is 18.6. The topological polar surface area (TPSA) is 52.6 Å². The Kier molecular flexibility index (Phi) is 5.53. The molecular formula is C23H18Cl2O4S. The van der Waals surface area contributed by atoms with Crippen molar-refractivity contribution in [1.29, 1.82) is 0 Å². The minimum atomic E-state index is -3.29. The minimum absolute atomic E-state index is 0.250. The molecule has 4 nitrogen and oxygen atoms in total. The maximum Gasteiger partial charge on any atom is 0.175 e. The molecule has 1 aliphatic rings. The summed E-state index contributed by atoms with van der Waals surface area (Å²) in [4.78, 5) is 0.250. The first-order valence-electron chi connectivity index (χ1n) is 9.10. The zero-order chi connectivity index (χ0) is 21.5. The SMILES string of the molecule is COc1c(Cl)cc(C2=C(c3ccc(S(C)(=O)=O)cc3)Oc3ccccc3C2)cc1Cl. The van der Waals surface area contributed by atoms with E-state index in [0.29, 0.717) is 28.0 Å². The molecule has 30 heavy (non-hydrogen) atoms. The number of hydrogen-bond donors (Lipinski definition) is 0. The highest BCUT2D eigenvalue weighted by molar-refractivity contribution is 7.90. The smallest absolute Gasteiger partial charge is 0.175 e. The highest BCUT2D eigenvalue weighted by Crippen LogP contribution is 2.42. The Bertz CT molecular complexity index is 1240. The van der Waals surface area contributed by atoms with Crippen molar-refractivity contribution in [1.82, 2.24) is 0 Å². The van der Waals surface area contributed by atoms with E-state index in [9.17, 15) is 8.42 Å². The van der Waals surface area contributed by atoms with Gasteiger partial charge in [-0.15, -0.1) is 0 Å². The van der Waals surface area contributed by atoms with Crippen LogP contribution in [0.15, 0.2) is 65.6 Å². The molecule has 0 aliphatic carbocycles. The Morgan fingerprint density at radius 1 is 0.933 bits per heavy atom. The van der Waals surface area contributed by atoms with E-state index in [4.69, 9.17) is 32.7 Å². The van der Waals surface area contributed by atoms with Crippen molar-refractivity contribution in [2.75, 3.05) is 13.4 Å². The van der Waals surface area contributed by atoms with Gasteiger partial charge in [0.15, 0.2) is 15.6 Å². The third-order valence-electron chi connectivity index (χ3n) is 4.92. The lowest BCUT2D eigenvalue weighted by Gasteiger charge is -2.25. The normalized spacial score (nSPS) is 13.6. The summed E-state index contributed by atoms with van der Waals surface area (Å²) >= 11 is 12.8. The van der Waals surface area contributed by atoms with Crippen LogP contribution in [0, 0.1) is 0 Å². The monoisotopic (exact) mass is 460 g/mol. The van der Waals surface area contributed by atoms with Crippen molar-refractivity contribution in [2.24, 2.45) is 0 Å². The molecule has 0 saturated heterocycles. The van der Waals surface area contributed by atoms with Gasteiger partial charge in [-0.25, -0.2) is 8.42 Å². The first kappa shape index (κ1) is 20.8. The fourth-order valence-corrected chi connectivity index (χ4v) is 4.71. The highest BCUT2D eigenvalue weighted by Gasteiger charge is 2.24. The Labute approximate surface area is 185 Å². The van der Waals surface area contributed by atoms with Crippen LogP contribution < -0.4 is 9.47 Å². The number of methoxy groups -OCH3 is 1. The molecule has 0 saturated carbocycles. The van der Waals surface area contributed by atoms with Crippen molar-refractivity contribution < 1.29 is 17.9 Å². The number of para-hydroxylation sites is 1. The molecule has 1 heterocycles. The Morgan fingerprint density at radius 3 is 2.17 bits per heavy atom. The highest BCUT2D eigenvalue weighted by atomic mass is 35.5. The van der Waals surface area contributed by atoms with Gasteiger partial charge in [0.25, 0.3) is 0 Å². The lowest BCUT2D eigenvalue weighted by Crippen LogP contribution is -2.10. The van der Waals surface area contributed by atoms with Gasteiger partial charge in [0, 0.05) is 23.8 Å². The fraction of sp³-hybridized carbons (Fsp3) is 0.130. The van der Waals surface area contributed by atoms with Crippen molar-refractivity contribution in [3.8, 4) is 11.5 Å². The number of fused-ring (bicyclic) bond motifs is 1. The Balaban J connectivity index is 1.89. The maximum atomic E-state index is 11.8. The molecule has 0 radical (unpaired) electrons. The molecule has 0 spiro atoms. The molecule has 0 amide bonds. The van der Waals surface area contributed by atoms with Crippen molar-refractivity contribution in [3.05, 3.63) is 87.4 Å². The number of benzene rings is 3. The minimum Gasteiger partial charge on any atom is -0.494 e. The van der Waals surface area contributed by atoms with E-state index in [1.54, 1.807) is 36.4 Å². The number of sulfone groups is 1. The van der Waals surface area contributed by atoms with Crippen LogP contribution in [-0.2, 0) is 16.3 Å². The van der Waals surface area contributed by atoms with Gasteiger partial charge in [0.1, 0.15) is 11.5 Å². The van der Waals surface area contributed by atoms with Crippen LogP contribution in [0.4, 0.5) is 0 Å². The lowest BCUT2D eigenvalue weighted by atomic mass is 9.92. The van der Waals surface area contributed by atoms with E-state index in [2.05, 4.69) is 0 Å². The molecule has 4 rings (SSSR count). The van der Waals surface area contributed by atoms with Gasteiger partial charge in [0.05, 0.1) is 22.1 Å². The summed E-state index contributed by atoms with van der Waals surface area (Å²) in [5, 5.41) is 0.802. The van der Waals surface area contributed by atoms with Crippen LogP contribution in [0.1, 0.15) is 16.7 Å². The number of ether oxygens (including phenoxy) is 2. The van der Waals surface area contributed by atoms with Gasteiger partial charge < -0.3 is 9.47 Å². The lowest BCUT2D eigenvalue weighted by molar-refractivity contribution is 0.415. The second-order valence-corrected chi connectivity index (χ2v) is 9.79. The number of halogens is 2. The second kappa shape index (κ2) is 7.99. The van der Waals surface area contributed by atoms with Crippen LogP contribution in [0.25, 0.3) is 11.3 Å². The molecule has 0 fully saturated rings. The van der Waals surface area contributed by atoms with Crippen LogP contribution in [0.2, 0.25) is 10.0 Å². The van der Waals surface area contributed by atoms with Crippen molar-refractivity contribution in [2.45, 2.75) is 11.3 Å². The third kappa shape index (κ3) is 3.93. The number of rotatable bonds is 4. The average molecular weight is 461 g/mol. The van der Waals surface area contributed by atoms with Gasteiger partial charge in [-0.3, -0.25) is 0 Å². The Morgan fingerprint density at radius 2 is 1.57 bits per heavy atom. The molecule has 0 aromatic heterocycles. The van der Waals surface area contributed by atoms with E-state index < -0.39 is 9.84 Å². The molecule has 7 heteroatoms. The molecule has 3 aromatic rings. The van der Waals surface area contributed by atoms with E-state index in [1.807, 2.05) is 24.3 Å². The molecule has 3 aromatic carbocycles. The quantitative estimate of drug-likeness (QED) is 0.485. The van der Waals surface area contributed by atoms with E-state index in [1.165, 1.54) is 13.4 Å². The summed E-state index contributed by atoms with van der Waals surface area (Å²) in [7, 11) is -1.77. The largest absolute Gasteiger partial charge is 0.494 e. The van der Waals surface area contributed by atoms with Crippen LogP contribution in [0.3, 0.4) is 0 Å². The van der Waals surface area contributed by atoms with Crippen molar-refractivity contribution in [3.63, 3.8) is 0 Å². The molecule has 154 valence electrons. The standard InChI is InChI=1S/C23H18Cl2O4S/c1-28-23-19(24)12-16(13-20(23)25)18-11-15-5-3-4-6-21(15)29-22(18)14-7-9-17(10-8-14)30(2,26)27/h3-10,12-13H,11H2,1-2H3. The molecule has 0 N–H and O–H groups in total. The van der Waals surface area contributed by atoms with Gasteiger partial charge in [-0.2, -0.15) is 0 Å². The molecule has 0 unspecified atom stereocenters. The molecule has 0 bridgehead atoms. The number of allylic oxidation sites excluding steroid dienone is 1. The van der Waals surface area contributed by atoms with E-state index in [-0.39, 0.29) is 4.90 Å². The molecular weight excluding hydrogens is 443 g/mol. The van der Waals surface area contributed by atoms with Gasteiger partial charge in [-0.05, 0) is 53.6 Å². The molecule has 0 atom stereocenters. The predicted molar refractivity (Wildman–Crippen MR) is 120 cm³/mol. The fourth-order valence-electron chi connectivity index (χ4n) is 3.44. The zero-order valence-electron chi connectivity index (χ0n) is 16.3. The first-order valence-corrected chi connectivity index (χ1v) is 11.8. The average Bonchev–Trinajstić information content (AvgIpc) is 2.72. The predicted octanol–water partition coefficient (Wildman–Crippen LogP) is 5.91. The maximum absolute atomic E-state index is 11.8. The van der Waals surface area contributed by atoms with Gasteiger partial charge in [0.2, 0.25) is 0 Å². The summed E-state index contributed by atoms with van der Waals surface area (Å²) in [5.74, 6) is 1.80. The summed E-state index contributed by atoms with van der Waals surface area (Å²) < 4.78 is 35.2. The van der Waals surface area contributed by atoms with E-state index >= 15 is 0 Å². The van der Waals surface area contributed by atoms with Gasteiger partial charge in [-0.1, -0.05) is 41.4 Å². The summed E-state index contributed by atoms with van der Waals surface area (Å²) in [6.45, 7) is 0. The molecule has 1 aliphatic heterocycles.